The van der Waals surface area contributed by atoms with Gasteiger partial charge in [0.1, 0.15) is 6.33 Å². The highest BCUT2D eigenvalue weighted by Gasteiger charge is 2.32. The molecule has 2 heterocycles. The number of rotatable bonds is 8. The Labute approximate surface area is 196 Å². The molecule has 1 aliphatic rings. The number of H-pyrrole nitrogens is 1. The average Bonchev–Trinajstić information content (AvgIpc) is 3.37. The molecule has 1 unspecified atom stereocenters. The number of anilines is 1. The van der Waals surface area contributed by atoms with Crippen molar-refractivity contribution < 1.29 is 19.4 Å². The third-order valence-corrected chi connectivity index (χ3v) is 6.18. The Morgan fingerprint density at radius 1 is 1.21 bits per heavy atom. The van der Waals surface area contributed by atoms with Crippen molar-refractivity contribution in [1.82, 2.24) is 20.5 Å². The molecule has 1 aromatic heterocycles. The summed E-state index contributed by atoms with van der Waals surface area (Å²) >= 11 is 1.54. The summed E-state index contributed by atoms with van der Waals surface area (Å²) in [6.45, 7) is 2.41. The summed E-state index contributed by atoms with van der Waals surface area (Å²) in [5.41, 5.74) is 3.35. The number of aromatic nitrogens is 3. The third kappa shape index (κ3) is 6.32. The first-order valence-corrected chi connectivity index (χ1v) is 11.8. The lowest BCUT2D eigenvalue weighted by Crippen LogP contribution is -2.31. The summed E-state index contributed by atoms with van der Waals surface area (Å²) in [5, 5.41) is 22.4. The van der Waals surface area contributed by atoms with Crippen LogP contribution in [0.4, 0.5) is 10.5 Å². The Morgan fingerprint density at radius 3 is 2.79 bits per heavy atom. The minimum absolute atomic E-state index is 0.000607. The van der Waals surface area contributed by atoms with E-state index in [0.29, 0.717) is 24.4 Å². The van der Waals surface area contributed by atoms with E-state index in [1.165, 1.54) is 6.33 Å². The van der Waals surface area contributed by atoms with Crippen LogP contribution in [0.25, 0.3) is 0 Å². The van der Waals surface area contributed by atoms with Gasteiger partial charge in [-0.1, -0.05) is 48.2 Å². The number of aliphatic hydroxyl groups excluding tert-OH is 1. The van der Waals surface area contributed by atoms with Crippen LogP contribution >= 0.6 is 11.8 Å². The molecule has 174 valence electrons. The topological polar surface area (TPSA) is 121 Å². The summed E-state index contributed by atoms with van der Waals surface area (Å²) < 4.78 is 12.7. The summed E-state index contributed by atoms with van der Waals surface area (Å²) in [7, 11) is 0. The quantitative estimate of drug-likeness (QED) is 0.371. The third-order valence-electron chi connectivity index (χ3n) is 5.17. The van der Waals surface area contributed by atoms with Gasteiger partial charge in [-0.15, -0.1) is 0 Å². The van der Waals surface area contributed by atoms with Gasteiger partial charge in [0.2, 0.25) is 0 Å². The monoisotopic (exact) mass is 469 g/mol. The standard InChI is InChI=1S/C23H27N5O4S/c1-2-24-22(30)27-18-5-3-4-17(10-18)21-31-19(13-33-23-25-14-26-28-23)11-20(32-21)16-8-6-15(12-29)7-9-16/h3-10,14,19-21,29H,2,11-13H2,1H3,(H2,24,27,30)(H,25,26,28)/t19-,20+,21?/m0/s1. The van der Waals surface area contributed by atoms with Crippen molar-refractivity contribution >= 4 is 23.5 Å². The van der Waals surface area contributed by atoms with Gasteiger partial charge in [0.05, 0.1) is 18.8 Å². The Morgan fingerprint density at radius 2 is 2.06 bits per heavy atom. The number of amides is 2. The molecule has 0 radical (unpaired) electrons. The van der Waals surface area contributed by atoms with E-state index in [9.17, 15) is 9.90 Å². The van der Waals surface area contributed by atoms with E-state index >= 15 is 0 Å². The highest BCUT2D eigenvalue weighted by Crippen LogP contribution is 2.39. The number of nitrogens with one attached hydrogen (secondary N) is 3. The molecule has 9 nitrogen and oxygen atoms in total. The van der Waals surface area contributed by atoms with Crippen molar-refractivity contribution in [3.05, 3.63) is 71.5 Å². The van der Waals surface area contributed by atoms with Gasteiger partial charge in [0.25, 0.3) is 0 Å². The second-order valence-electron chi connectivity index (χ2n) is 7.56. The van der Waals surface area contributed by atoms with Crippen LogP contribution in [0.1, 0.15) is 42.4 Å². The Balaban J connectivity index is 1.53. The van der Waals surface area contributed by atoms with Gasteiger partial charge >= 0.3 is 6.03 Å². The lowest BCUT2D eigenvalue weighted by Gasteiger charge is -2.36. The summed E-state index contributed by atoms with van der Waals surface area (Å²) in [5.74, 6) is 0.678. The van der Waals surface area contributed by atoms with Crippen LogP contribution in [0.3, 0.4) is 0 Å². The van der Waals surface area contributed by atoms with Crippen molar-refractivity contribution in [2.45, 2.75) is 43.6 Å². The highest BCUT2D eigenvalue weighted by atomic mass is 32.2. The van der Waals surface area contributed by atoms with Crippen LogP contribution < -0.4 is 10.6 Å². The SMILES string of the molecule is CCNC(=O)Nc1cccc(C2O[C@H](CSc3ncn[nH]3)C[C@H](c3ccc(CO)cc3)O2)c1. The molecular formula is C23H27N5O4S. The van der Waals surface area contributed by atoms with Gasteiger partial charge in [-0.25, -0.2) is 9.78 Å². The first kappa shape index (κ1) is 23.2. The number of urea groups is 1. The first-order valence-electron chi connectivity index (χ1n) is 10.8. The molecule has 1 saturated heterocycles. The fraction of sp³-hybridized carbons (Fsp3) is 0.348. The molecule has 0 saturated carbocycles. The van der Waals surface area contributed by atoms with Crippen molar-refractivity contribution in [2.75, 3.05) is 17.6 Å². The molecule has 2 aromatic carbocycles. The number of hydrogen-bond acceptors (Lipinski definition) is 7. The number of carbonyl (C=O) groups excluding carboxylic acids is 1. The molecular weight excluding hydrogens is 442 g/mol. The number of nitrogens with zero attached hydrogens (tertiary/aromatic N) is 2. The molecule has 1 aliphatic heterocycles. The van der Waals surface area contributed by atoms with Crippen molar-refractivity contribution in [3.63, 3.8) is 0 Å². The normalized spacial score (nSPS) is 20.4. The molecule has 10 heteroatoms. The Bertz CT molecular complexity index is 1030. The first-order chi connectivity index (χ1) is 16.1. The zero-order valence-electron chi connectivity index (χ0n) is 18.2. The Hall–Kier alpha value is -2.92. The zero-order valence-corrected chi connectivity index (χ0v) is 19.0. The van der Waals surface area contributed by atoms with Crippen molar-refractivity contribution in [1.29, 1.82) is 0 Å². The zero-order chi connectivity index (χ0) is 23.0. The van der Waals surface area contributed by atoms with Gasteiger partial charge in [-0.3, -0.25) is 5.10 Å². The number of aliphatic hydroxyl groups is 1. The second-order valence-corrected chi connectivity index (χ2v) is 8.57. The van der Waals surface area contributed by atoms with Crippen LogP contribution in [0.2, 0.25) is 0 Å². The molecule has 0 spiro atoms. The number of hydrogen-bond donors (Lipinski definition) is 4. The fourth-order valence-corrected chi connectivity index (χ4v) is 4.35. The molecule has 2 amide bonds. The lowest BCUT2D eigenvalue weighted by atomic mass is 10.0. The van der Waals surface area contributed by atoms with Gasteiger partial charge in [-0.2, -0.15) is 5.10 Å². The van der Waals surface area contributed by atoms with Gasteiger partial charge in [0, 0.05) is 30.0 Å². The van der Waals surface area contributed by atoms with Crippen LogP contribution in [-0.2, 0) is 16.1 Å². The fourth-order valence-electron chi connectivity index (χ4n) is 3.56. The van der Waals surface area contributed by atoms with Crippen LogP contribution in [0.5, 0.6) is 0 Å². The van der Waals surface area contributed by atoms with E-state index < -0.39 is 6.29 Å². The van der Waals surface area contributed by atoms with E-state index in [1.807, 2.05) is 55.5 Å². The van der Waals surface area contributed by atoms with Crippen molar-refractivity contribution in [3.8, 4) is 0 Å². The molecule has 1 fully saturated rings. The largest absolute Gasteiger partial charge is 0.392 e. The maximum absolute atomic E-state index is 11.9. The van der Waals surface area contributed by atoms with Gasteiger partial charge in [0.15, 0.2) is 11.4 Å². The maximum atomic E-state index is 11.9. The molecule has 0 aliphatic carbocycles. The summed E-state index contributed by atoms with van der Waals surface area (Å²) in [6, 6.07) is 15.0. The Kier molecular flexibility index (Phi) is 7.95. The number of ether oxygens (including phenoxy) is 2. The van der Waals surface area contributed by atoms with E-state index in [4.69, 9.17) is 9.47 Å². The van der Waals surface area contributed by atoms with E-state index in [2.05, 4.69) is 25.8 Å². The van der Waals surface area contributed by atoms with Crippen LogP contribution in [0.15, 0.2) is 60.0 Å². The van der Waals surface area contributed by atoms with Gasteiger partial charge in [-0.05, 0) is 30.2 Å². The predicted molar refractivity (Wildman–Crippen MR) is 125 cm³/mol. The molecule has 33 heavy (non-hydrogen) atoms. The predicted octanol–water partition coefficient (Wildman–Crippen LogP) is 3.78. The highest BCUT2D eigenvalue weighted by molar-refractivity contribution is 7.99. The second kappa shape index (κ2) is 11.3. The number of carbonyl (C=O) groups is 1. The van der Waals surface area contributed by atoms with E-state index in [-0.39, 0.29) is 24.8 Å². The number of thioether (sulfide) groups is 1. The molecule has 4 N–H and O–H groups in total. The minimum atomic E-state index is -0.599. The molecule has 3 atom stereocenters. The molecule has 3 aromatic rings. The van der Waals surface area contributed by atoms with E-state index in [1.54, 1.807) is 11.8 Å². The summed E-state index contributed by atoms with van der Waals surface area (Å²) in [4.78, 5) is 16.1. The average molecular weight is 470 g/mol. The van der Waals surface area contributed by atoms with Gasteiger partial charge < -0.3 is 25.2 Å². The lowest BCUT2D eigenvalue weighted by molar-refractivity contribution is -0.245. The van der Waals surface area contributed by atoms with Crippen molar-refractivity contribution in [2.24, 2.45) is 0 Å². The molecule has 0 bridgehead atoms. The van der Waals surface area contributed by atoms with E-state index in [0.717, 1.165) is 21.8 Å². The smallest absolute Gasteiger partial charge is 0.319 e. The summed E-state index contributed by atoms with van der Waals surface area (Å²) in [6.07, 6.45) is 1.28. The number of aromatic amines is 1. The van der Waals surface area contributed by atoms with Crippen LogP contribution in [0, 0.1) is 0 Å². The molecule has 4 rings (SSSR count). The van der Waals surface area contributed by atoms with Crippen LogP contribution in [-0.4, -0.2) is 44.7 Å². The minimum Gasteiger partial charge on any atom is -0.392 e. The number of benzene rings is 2. The maximum Gasteiger partial charge on any atom is 0.319 e.